The van der Waals surface area contributed by atoms with Gasteiger partial charge in [-0.1, -0.05) is 6.92 Å². The third-order valence-corrected chi connectivity index (χ3v) is 3.03. The van der Waals surface area contributed by atoms with Gasteiger partial charge in [-0.15, -0.1) is 0 Å². The van der Waals surface area contributed by atoms with Crippen molar-refractivity contribution < 1.29 is 9.90 Å². The minimum Gasteiger partial charge on any atom is -0.391 e. The van der Waals surface area contributed by atoms with E-state index in [1.165, 1.54) is 0 Å². The quantitative estimate of drug-likeness (QED) is 0.693. The average Bonchev–Trinajstić information content (AvgIpc) is 2.62. The largest absolute Gasteiger partial charge is 0.391 e. The van der Waals surface area contributed by atoms with Gasteiger partial charge in [0.15, 0.2) is 0 Å². The van der Waals surface area contributed by atoms with Gasteiger partial charge >= 0.3 is 0 Å². The molecular weight excluding hydrogens is 192 g/mol. The Morgan fingerprint density at radius 1 is 1.60 bits per heavy atom. The topological polar surface area (TPSA) is 66.6 Å². The van der Waals surface area contributed by atoms with E-state index in [0.29, 0.717) is 32.0 Å². The molecule has 1 amide bonds. The fourth-order valence-electron chi connectivity index (χ4n) is 1.93. The second-order valence-corrected chi connectivity index (χ2v) is 4.50. The number of amides is 1. The van der Waals surface area contributed by atoms with Gasteiger partial charge in [-0.3, -0.25) is 4.79 Å². The lowest BCUT2D eigenvalue weighted by molar-refractivity contribution is -0.130. The number of carbonyl (C=O) groups is 1. The summed E-state index contributed by atoms with van der Waals surface area (Å²) < 4.78 is 0. The molecule has 0 spiro atoms. The molecule has 4 nitrogen and oxygen atoms in total. The van der Waals surface area contributed by atoms with Crippen LogP contribution in [0.25, 0.3) is 0 Å². The second-order valence-electron chi connectivity index (χ2n) is 4.50. The number of rotatable bonds is 5. The lowest BCUT2D eigenvalue weighted by Crippen LogP contribution is -2.29. The molecule has 0 aromatic heterocycles. The van der Waals surface area contributed by atoms with Crippen molar-refractivity contribution in [2.24, 2.45) is 11.7 Å². The molecule has 3 N–H and O–H groups in total. The summed E-state index contributed by atoms with van der Waals surface area (Å²) in [6.45, 7) is 4.05. The molecule has 88 valence electrons. The molecule has 2 atom stereocenters. The summed E-state index contributed by atoms with van der Waals surface area (Å²) in [4.78, 5) is 13.4. The number of carbonyl (C=O) groups excluding carboxylic acids is 1. The van der Waals surface area contributed by atoms with E-state index in [4.69, 9.17) is 5.73 Å². The third kappa shape index (κ3) is 4.18. The zero-order chi connectivity index (χ0) is 11.3. The minimum atomic E-state index is -0.310. The van der Waals surface area contributed by atoms with Crippen LogP contribution in [0, 0.1) is 5.92 Å². The van der Waals surface area contributed by atoms with Crippen molar-refractivity contribution in [3.63, 3.8) is 0 Å². The van der Waals surface area contributed by atoms with Gasteiger partial charge in [0.2, 0.25) is 5.91 Å². The molecule has 0 bridgehead atoms. The second kappa shape index (κ2) is 6.08. The monoisotopic (exact) mass is 214 g/mol. The van der Waals surface area contributed by atoms with E-state index in [2.05, 4.69) is 6.92 Å². The van der Waals surface area contributed by atoms with Crippen LogP contribution in [0.5, 0.6) is 0 Å². The number of nitrogens with zero attached hydrogens (tertiary/aromatic N) is 1. The Morgan fingerprint density at radius 3 is 2.87 bits per heavy atom. The van der Waals surface area contributed by atoms with Crippen molar-refractivity contribution in [2.45, 2.75) is 38.7 Å². The van der Waals surface area contributed by atoms with Crippen molar-refractivity contribution in [3.05, 3.63) is 0 Å². The Hall–Kier alpha value is -0.610. The van der Waals surface area contributed by atoms with Crippen molar-refractivity contribution in [1.29, 1.82) is 0 Å². The maximum atomic E-state index is 11.7. The first-order valence-corrected chi connectivity index (χ1v) is 5.79. The zero-order valence-electron chi connectivity index (χ0n) is 9.48. The van der Waals surface area contributed by atoms with Crippen LogP contribution in [0.3, 0.4) is 0 Å². The fraction of sp³-hybridized carbons (Fsp3) is 0.909. The number of hydrogen-bond acceptors (Lipinski definition) is 3. The Balaban J connectivity index is 2.18. The first-order chi connectivity index (χ1) is 7.13. The molecule has 0 aromatic carbocycles. The van der Waals surface area contributed by atoms with Gasteiger partial charge in [0.25, 0.3) is 0 Å². The molecule has 1 fully saturated rings. The number of aliphatic hydroxyl groups is 1. The van der Waals surface area contributed by atoms with E-state index < -0.39 is 0 Å². The molecular formula is C11H22N2O2. The van der Waals surface area contributed by atoms with Crippen LogP contribution in [0.2, 0.25) is 0 Å². The van der Waals surface area contributed by atoms with Gasteiger partial charge in [0, 0.05) is 19.5 Å². The first kappa shape index (κ1) is 12.5. The summed E-state index contributed by atoms with van der Waals surface area (Å²) in [5, 5.41) is 9.30. The summed E-state index contributed by atoms with van der Waals surface area (Å²) in [6, 6.07) is 0. The molecule has 0 aliphatic carbocycles. The van der Waals surface area contributed by atoms with Gasteiger partial charge in [-0.2, -0.15) is 0 Å². The lowest BCUT2D eigenvalue weighted by Gasteiger charge is -2.16. The zero-order valence-corrected chi connectivity index (χ0v) is 9.48. The molecule has 1 rings (SSSR count). The predicted octanol–water partition coefficient (Wildman–Crippen LogP) is 0.345. The van der Waals surface area contributed by atoms with E-state index in [1.807, 2.05) is 0 Å². The van der Waals surface area contributed by atoms with E-state index >= 15 is 0 Å². The minimum absolute atomic E-state index is 0.176. The highest BCUT2D eigenvalue weighted by molar-refractivity contribution is 5.76. The maximum absolute atomic E-state index is 11.7. The smallest absolute Gasteiger partial charge is 0.222 e. The van der Waals surface area contributed by atoms with Crippen LogP contribution >= 0.6 is 0 Å². The summed E-state index contributed by atoms with van der Waals surface area (Å²) in [7, 11) is 0. The Bertz CT molecular complexity index is 209. The van der Waals surface area contributed by atoms with Gasteiger partial charge < -0.3 is 15.7 Å². The van der Waals surface area contributed by atoms with Crippen LogP contribution in [0.4, 0.5) is 0 Å². The van der Waals surface area contributed by atoms with Crippen molar-refractivity contribution in [2.75, 3.05) is 19.6 Å². The van der Waals surface area contributed by atoms with Gasteiger partial charge in [0.1, 0.15) is 0 Å². The van der Waals surface area contributed by atoms with Crippen LogP contribution < -0.4 is 5.73 Å². The Morgan fingerprint density at radius 2 is 2.33 bits per heavy atom. The number of hydrogen-bond donors (Lipinski definition) is 2. The van der Waals surface area contributed by atoms with E-state index in [0.717, 1.165) is 19.3 Å². The Kier molecular flexibility index (Phi) is 5.05. The van der Waals surface area contributed by atoms with Crippen LogP contribution in [-0.4, -0.2) is 41.7 Å². The summed E-state index contributed by atoms with van der Waals surface area (Å²) in [6.07, 6.45) is 2.90. The molecule has 0 radical (unpaired) electrons. The van der Waals surface area contributed by atoms with E-state index in [1.54, 1.807) is 4.90 Å². The average molecular weight is 214 g/mol. The molecule has 0 aromatic rings. The fourth-order valence-corrected chi connectivity index (χ4v) is 1.93. The van der Waals surface area contributed by atoms with Gasteiger partial charge in [0.05, 0.1) is 6.10 Å². The van der Waals surface area contributed by atoms with E-state index in [-0.39, 0.29) is 12.0 Å². The van der Waals surface area contributed by atoms with Crippen LogP contribution in [0.15, 0.2) is 0 Å². The number of likely N-dealkylation sites (tertiary alicyclic amines) is 1. The van der Waals surface area contributed by atoms with Crippen LogP contribution in [0.1, 0.15) is 32.6 Å². The molecule has 0 saturated carbocycles. The maximum Gasteiger partial charge on any atom is 0.222 e. The molecule has 4 heteroatoms. The highest BCUT2D eigenvalue weighted by Crippen LogP contribution is 2.14. The highest BCUT2D eigenvalue weighted by atomic mass is 16.3. The molecule has 15 heavy (non-hydrogen) atoms. The van der Waals surface area contributed by atoms with Gasteiger partial charge in [-0.25, -0.2) is 0 Å². The van der Waals surface area contributed by atoms with E-state index in [9.17, 15) is 9.90 Å². The SMILES string of the molecule is CC(CCN)CCC(=O)N1CC[C@H](O)C1. The number of β-amino-alcohol motifs (C(OH)–C–C–N with tert-alkyl or cyclic N) is 1. The molecule has 1 unspecified atom stereocenters. The van der Waals surface area contributed by atoms with Crippen molar-refractivity contribution >= 4 is 5.91 Å². The molecule has 1 heterocycles. The van der Waals surface area contributed by atoms with Crippen LogP contribution in [-0.2, 0) is 4.79 Å². The first-order valence-electron chi connectivity index (χ1n) is 5.79. The summed E-state index contributed by atoms with van der Waals surface area (Å²) >= 11 is 0. The number of aliphatic hydroxyl groups excluding tert-OH is 1. The normalized spacial score (nSPS) is 23.1. The highest BCUT2D eigenvalue weighted by Gasteiger charge is 2.24. The molecule has 1 aliphatic heterocycles. The van der Waals surface area contributed by atoms with Crippen molar-refractivity contribution in [1.82, 2.24) is 4.90 Å². The predicted molar refractivity (Wildman–Crippen MR) is 59.3 cm³/mol. The lowest BCUT2D eigenvalue weighted by atomic mass is 10.0. The molecule has 1 aliphatic rings. The number of nitrogens with two attached hydrogens (primary N) is 1. The molecule has 1 saturated heterocycles. The van der Waals surface area contributed by atoms with Crippen molar-refractivity contribution in [3.8, 4) is 0 Å². The summed E-state index contributed by atoms with van der Waals surface area (Å²) in [5.74, 6) is 0.696. The Labute approximate surface area is 91.4 Å². The third-order valence-electron chi connectivity index (χ3n) is 3.03. The standard InChI is InChI=1S/C11H22N2O2/c1-9(4-6-12)2-3-11(15)13-7-5-10(14)8-13/h9-10,14H,2-8,12H2,1H3/t9?,10-/m0/s1. The summed E-state index contributed by atoms with van der Waals surface area (Å²) in [5.41, 5.74) is 5.45. The van der Waals surface area contributed by atoms with Gasteiger partial charge in [-0.05, 0) is 31.7 Å².